The zero-order valence-corrected chi connectivity index (χ0v) is 8.22. The van der Waals surface area contributed by atoms with E-state index in [9.17, 15) is 13.6 Å². The molecule has 0 bridgehead atoms. The van der Waals surface area contributed by atoms with Crippen molar-refractivity contribution in [2.75, 3.05) is 7.11 Å². The predicted octanol–water partition coefficient (Wildman–Crippen LogP) is 2.63. The maximum absolute atomic E-state index is 13.4. The van der Waals surface area contributed by atoms with Gasteiger partial charge in [0.25, 0.3) is 0 Å². The Bertz CT molecular complexity index is 388. The molecule has 0 N–H and O–H groups in total. The first-order valence-corrected chi connectivity index (χ1v) is 4.70. The lowest BCUT2D eigenvalue weighted by Crippen LogP contribution is -2.08. The third-order valence-electron chi connectivity index (χ3n) is 2.50. The van der Waals surface area contributed by atoms with Crippen molar-refractivity contribution in [2.24, 2.45) is 0 Å². The number of carbonyl (C=O) groups is 1. The van der Waals surface area contributed by atoms with Gasteiger partial charge in [-0.25, -0.2) is 13.6 Å². The molecule has 0 spiro atoms. The van der Waals surface area contributed by atoms with E-state index in [2.05, 4.69) is 4.74 Å². The lowest BCUT2D eigenvalue weighted by atomic mass is 10.1. The molecular formula is C11H10F2O2. The monoisotopic (exact) mass is 212 g/mol. The van der Waals surface area contributed by atoms with Crippen LogP contribution in [0.15, 0.2) is 12.1 Å². The molecule has 4 heteroatoms. The van der Waals surface area contributed by atoms with Crippen molar-refractivity contribution < 1.29 is 18.3 Å². The summed E-state index contributed by atoms with van der Waals surface area (Å²) >= 11 is 0. The van der Waals surface area contributed by atoms with Gasteiger partial charge in [0.05, 0.1) is 7.11 Å². The fourth-order valence-electron chi connectivity index (χ4n) is 1.54. The van der Waals surface area contributed by atoms with E-state index in [1.165, 1.54) is 12.1 Å². The largest absolute Gasteiger partial charge is 0.465 e. The Morgan fingerprint density at radius 3 is 2.27 bits per heavy atom. The van der Waals surface area contributed by atoms with Crippen molar-refractivity contribution >= 4 is 5.97 Å². The molecule has 2 rings (SSSR count). The van der Waals surface area contributed by atoms with Crippen LogP contribution in [0.4, 0.5) is 8.78 Å². The molecule has 0 aliphatic heterocycles. The molecule has 1 aromatic rings. The minimum absolute atomic E-state index is 0.251. The summed E-state index contributed by atoms with van der Waals surface area (Å²) in [5.41, 5.74) is 0.0135. The summed E-state index contributed by atoms with van der Waals surface area (Å²) < 4.78 is 31.1. The van der Waals surface area contributed by atoms with E-state index in [-0.39, 0.29) is 5.92 Å². The highest BCUT2D eigenvalue weighted by Crippen LogP contribution is 2.40. The van der Waals surface area contributed by atoms with E-state index in [0.29, 0.717) is 5.56 Å². The average molecular weight is 212 g/mol. The van der Waals surface area contributed by atoms with Crippen LogP contribution in [-0.4, -0.2) is 13.1 Å². The number of hydrogen-bond acceptors (Lipinski definition) is 2. The molecule has 0 heterocycles. The second-order valence-corrected chi connectivity index (χ2v) is 3.63. The average Bonchev–Trinajstić information content (AvgIpc) is 2.99. The zero-order chi connectivity index (χ0) is 11.0. The van der Waals surface area contributed by atoms with E-state index < -0.39 is 23.2 Å². The molecule has 1 aliphatic carbocycles. The Kier molecular flexibility index (Phi) is 2.42. The summed E-state index contributed by atoms with van der Waals surface area (Å²) in [6, 6.07) is 2.43. The number of methoxy groups -OCH3 is 1. The predicted molar refractivity (Wildman–Crippen MR) is 49.7 cm³/mol. The number of hydrogen-bond donors (Lipinski definition) is 0. The number of benzene rings is 1. The van der Waals surface area contributed by atoms with Gasteiger partial charge in [-0.05, 0) is 36.5 Å². The Morgan fingerprint density at radius 1 is 1.33 bits per heavy atom. The van der Waals surface area contributed by atoms with Crippen LogP contribution >= 0.6 is 0 Å². The number of carbonyl (C=O) groups excluding carboxylic acids is 1. The van der Waals surface area contributed by atoms with Gasteiger partial charge >= 0.3 is 5.97 Å². The molecular weight excluding hydrogens is 202 g/mol. The van der Waals surface area contributed by atoms with E-state index >= 15 is 0 Å². The maximum Gasteiger partial charge on any atom is 0.343 e. The Balaban J connectivity index is 2.43. The standard InChI is InChI=1S/C11H10F2O2/c1-15-11(14)10-8(12)4-7(5-9(10)13)6-2-3-6/h4-6H,2-3H2,1H3. The Morgan fingerprint density at radius 2 is 1.87 bits per heavy atom. The third kappa shape index (κ3) is 1.84. The lowest BCUT2D eigenvalue weighted by molar-refractivity contribution is 0.0590. The van der Waals surface area contributed by atoms with Crippen LogP contribution in [0, 0.1) is 11.6 Å². The van der Waals surface area contributed by atoms with Gasteiger partial charge in [0.15, 0.2) is 0 Å². The van der Waals surface area contributed by atoms with Gasteiger partial charge in [0, 0.05) is 0 Å². The molecule has 0 saturated heterocycles. The maximum atomic E-state index is 13.4. The van der Waals surface area contributed by atoms with Crippen LogP contribution in [0.5, 0.6) is 0 Å². The van der Waals surface area contributed by atoms with Crippen molar-refractivity contribution in [2.45, 2.75) is 18.8 Å². The molecule has 0 radical (unpaired) electrons. The summed E-state index contributed by atoms with van der Waals surface area (Å²) in [5.74, 6) is -2.42. The lowest BCUT2D eigenvalue weighted by Gasteiger charge is -2.05. The molecule has 0 unspecified atom stereocenters. The number of halogens is 2. The van der Waals surface area contributed by atoms with Gasteiger partial charge in [-0.2, -0.15) is 0 Å². The molecule has 1 fully saturated rings. The second kappa shape index (κ2) is 3.61. The third-order valence-corrected chi connectivity index (χ3v) is 2.50. The highest BCUT2D eigenvalue weighted by molar-refractivity contribution is 5.90. The number of esters is 1. The molecule has 1 aliphatic rings. The quantitative estimate of drug-likeness (QED) is 0.704. The molecule has 80 valence electrons. The van der Waals surface area contributed by atoms with Gasteiger partial charge in [-0.1, -0.05) is 0 Å². The SMILES string of the molecule is COC(=O)c1c(F)cc(C2CC2)cc1F. The van der Waals surface area contributed by atoms with Gasteiger partial charge in [-0.3, -0.25) is 0 Å². The topological polar surface area (TPSA) is 26.3 Å². The molecule has 1 aromatic carbocycles. The summed E-state index contributed by atoms with van der Waals surface area (Å²) in [6.45, 7) is 0. The molecule has 0 amide bonds. The second-order valence-electron chi connectivity index (χ2n) is 3.63. The normalized spacial score (nSPS) is 15.1. The number of rotatable bonds is 2. The van der Waals surface area contributed by atoms with Crippen LogP contribution in [0.2, 0.25) is 0 Å². The summed E-state index contributed by atoms with van der Waals surface area (Å²) in [7, 11) is 1.09. The fraction of sp³-hybridized carbons (Fsp3) is 0.364. The fourth-order valence-corrected chi connectivity index (χ4v) is 1.54. The number of ether oxygens (including phenoxy) is 1. The summed E-state index contributed by atoms with van der Waals surface area (Å²) in [4.78, 5) is 11.0. The van der Waals surface area contributed by atoms with E-state index in [4.69, 9.17) is 0 Å². The van der Waals surface area contributed by atoms with Crippen molar-refractivity contribution in [3.05, 3.63) is 34.9 Å². The van der Waals surface area contributed by atoms with Gasteiger partial charge < -0.3 is 4.74 Å². The van der Waals surface area contributed by atoms with E-state index in [1.807, 2.05) is 0 Å². The van der Waals surface area contributed by atoms with Crippen molar-refractivity contribution in [3.8, 4) is 0 Å². The molecule has 15 heavy (non-hydrogen) atoms. The van der Waals surface area contributed by atoms with Crippen LogP contribution in [0.3, 0.4) is 0 Å². The Labute approximate surface area is 85.9 Å². The molecule has 0 atom stereocenters. The Hall–Kier alpha value is -1.45. The van der Waals surface area contributed by atoms with Crippen LogP contribution in [0.1, 0.15) is 34.7 Å². The summed E-state index contributed by atoms with van der Waals surface area (Å²) in [5, 5.41) is 0. The first-order chi connectivity index (χ1) is 7.13. The first-order valence-electron chi connectivity index (χ1n) is 4.70. The van der Waals surface area contributed by atoms with E-state index in [0.717, 1.165) is 20.0 Å². The van der Waals surface area contributed by atoms with Crippen molar-refractivity contribution in [1.29, 1.82) is 0 Å². The highest BCUT2D eigenvalue weighted by Gasteiger charge is 2.27. The molecule has 2 nitrogen and oxygen atoms in total. The van der Waals surface area contributed by atoms with Crippen LogP contribution in [-0.2, 0) is 4.74 Å². The molecule has 1 saturated carbocycles. The first kappa shape index (κ1) is 10.1. The van der Waals surface area contributed by atoms with Crippen molar-refractivity contribution in [3.63, 3.8) is 0 Å². The molecule has 0 aromatic heterocycles. The minimum Gasteiger partial charge on any atom is -0.465 e. The minimum atomic E-state index is -0.979. The van der Waals surface area contributed by atoms with Crippen LogP contribution < -0.4 is 0 Å². The van der Waals surface area contributed by atoms with E-state index in [1.54, 1.807) is 0 Å². The smallest absolute Gasteiger partial charge is 0.343 e. The summed E-state index contributed by atoms with van der Waals surface area (Å²) in [6.07, 6.45) is 1.91. The highest BCUT2D eigenvalue weighted by atomic mass is 19.1. The van der Waals surface area contributed by atoms with Crippen LogP contribution in [0.25, 0.3) is 0 Å². The van der Waals surface area contributed by atoms with Gasteiger partial charge in [0.2, 0.25) is 0 Å². The van der Waals surface area contributed by atoms with Gasteiger partial charge in [0.1, 0.15) is 17.2 Å². The van der Waals surface area contributed by atoms with Crippen molar-refractivity contribution in [1.82, 2.24) is 0 Å². The van der Waals surface area contributed by atoms with Gasteiger partial charge in [-0.15, -0.1) is 0 Å². The zero-order valence-electron chi connectivity index (χ0n) is 8.22.